The summed E-state index contributed by atoms with van der Waals surface area (Å²) in [5.74, 6) is 0.619. The second-order valence-electron chi connectivity index (χ2n) is 8.76. The molecule has 0 radical (unpaired) electrons. The van der Waals surface area contributed by atoms with Crippen molar-refractivity contribution in [2.75, 3.05) is 45.1 Å². The Morgan fingerprint density at radius 1 is 1.11 bits per heavy atom. The van der Waals surface area contributed by atoms with Gasteiger partial charge in [-0.1, -0.05) is 25.1 Å². The molecule has 2 aliphatic heterocycles. The maximum atomic E-state index is 12.9. The lowest BCUT2D eigenvalue weighted by atomic mass is 9.65. The Kier molecular flexibility index (Phi) is 5.08. The summed E-state index contributed by atoms with van der Waals surface area (Å²) < 4.78 is 0. The standard InChI is InChI=1S/C22H32N4O2/c1-3-25-15-18-21(9-10-22(18,16-25)19(27)23-2)11-13-26(14-12-21)20(28)24-17-7-5-4-6-8-17/h4-8,18H,3,9-16H2,1-2H3,(H,23,27)(H,24,28)/t18-,22+/m0/s1. The third kappa shape index (κ3) is 3.08. The van der Waals surface area contributed by atoms with Gasteiger partial charge < -0.3 is 20.4 Å². The molecule has 3 amide bonds. The predicted octanol–water partition coefficient (Wildman–Crippen LogP) is 2.78. The number of para-hydroxylation sites is 1. The number of benzene rings is 1. The molecule has 0 bridgehead atoms. The molecule has 1 aliphatic carbocycles. The van der Waals surface area contributed by atoms with Gasteiger partial charge in [-0.25, -0.2) is 4.79 Å². The van der Waals surface area contributed by atoms with E-state index in [1.807, 2.05) is 35.2 Å². The van der Waals surface area contributed by atoms with Crippen LogP contribution in [0.5, 0.6) is 0 Å². The van der Waals surface area contributed by atoms with Crippen molar-refractivity contribution in [1.29, 1.82) is 0 Å². The molecule has 1 saturated carbocycles. The van der Waals surface area contributed by atoms with E-state index >= 15 is 0 Å². The number of hydrogen-bond acceptors (Lipinski definition) is 3. The van der Waals surface area contributed by atoms with Crippen LogP contribution in [0, 0.1) is 16.7 Å². The zero-order valence-corrected chi connectivity index (χ0v) is 17.0. The molecule has 3 aliphatic rings. The van der Waals surface area contributed by atoms with Crippen molar-refractivity contribution in [3.05, 3.63) is 30.3 Å². The van der Waals surface area contributed by atoms with E-state index in [-0.39, 0.29) is 22.8 Å². The van der Waals surface area contributed by atoms with E-state index in [1.165, 1.54) is 0 Å². The number of urea groups is 1. The van der Waals surface area contributed by atoms with Crippen molar-refractivity contribution >= 4 is 17.6 Å². The molecule has 0 aromatic heterocycles. The average molecular weight is 385 g/mol. The lowest BCUT2D eigenvalue weighted by molar-refractivity contribution is -0.132. The van der Waals surface area contributed by atoms with E-state index in [1.54, 1.807) is 7.05 Å². The highest BCUT2D eigenvalue weighted by molar-refractivity contribution is 5.89. The average Bonchev–Trinajstić information content (AvgIpc) is 3.25. The molecule has 0 unspecified atom stereocenters. The van der Waals surface area contributed by atoms with Gasteiger partial charge in [0.15, 0.2) is 0 Å². The Hall–Kier alpha value is -2.08. The summed E-state index contributed by atoms with van der Waals surface area (Å²) in [5, 5.41) is 5.95. The van der Waals surface area contributed by atoms with Gasteiger partial charge in [-0.05, 0) is 55.7 Å². The van der Waals surface area contributed by atoms with Crippen molar-refractivity contribution in [2.45, 2.75) is 32.6 Å². The minimum Gasteiger partial charge on any atom is -0.359 e. The van der Waals surface area contributed by atoms with Gasteiger partial charge in [0, 0.05) is 38.9 Å². The van der Waals surface area contributed by atoms with E-state index in [0.29, 0.717) is 5.92 Å². The fourth-order valence-electron chi connectivity index (χ4n) is 6.00. The fraction of sp³-hybridized carbons (Fsp3) is 0.636. The minimum absolute atomic E-state index is 0.0155. The number of amides is 3. The molecule has 1 aromatic carbocycles. The summed E-state index contributed by atoms with van der Waals surface area (Å²) in [6.45, 7) is 6.61. The van der Waals surface area contributed by atoms with Crippen molar-refractivity contribution in [3.63, 3.8) is 0 Å². The van der Waals surface area contributed by atoms with E-state index in [4.69, 9.17) is 0 Å². The topological polar surface area (TPSA) is 64.7 Å². The van der Waals surface area contributed by atoms with Gasteiger partial charge in [0.1, 0.15) is 0 Å². The lowest BCUT2D eigenvalue weighted by Gasteiger charge is -2.44. The Morgan fingerprint density at radius 3 is 2.46 bits per heavy atom. The van der Waals surface area contributed by atoms with Crippen LogP contribution in [0.15, 0.2) is 30.3 Å². The third-order valence-electron chi connectivity index (χ3n) is 7.62. The third-order valence-corrected chi connectivity index (χ3v) is 7.62. The first kappa shape index (κ1) is 19.2. The summed E-state index contributed by atoms with van der Waals surface area (Å²) in [7, 11) is 1.77. The first-order chi connectivity index (χ1) is 13.5. The van der Waals surface area contributed by atoms with Gasteiger partial charge in [-0.2, -0.15) is 0 Å². The molecular formula is C22H32N4O2. The van der Waals surface area contributed by atoms with Crippen molar-refractivity contribution < 1.29 is 9.59 Å². The van der Waals surface area contributed by atoms with Gasteiger partial charge in [0.2, 0.25) is 5.91 Å². The molecule has 2 saturated heterocycles. The second-order valence-corrected chi connectivity index (χ2v) is 8.76. The van der Waals surface area contributed by atoms with Crippen LogP contribution in [-0.4, -0.2) is 61.5 Å². The number of fused-ring (bicyclic) bond motifs is 2. The number of anilines is 1. The maximum Gasteiger partial charge on any atom is 0.321 e. The summed E-state index contributed by atoms with van der Waals surface area (Å²) in [6, 6.07) is 9.61. The van der Waals surface area contributed by atoms with Crippen molar-refractivity contribution in [3.8, 4) is 0 Å². The number of carbonyl (C=O) groups excluding carboxylic acids is 2. The summed E-state index contributed by atoms with van der Waals surface area (Å²) in [6.07, 6.45) is 4.08. The number of likely N-dealkylation sites (tertiary alicyclic amines) is 2. The van der Waals surface area contributed by atoms with Gasteiger partial charge in [0.05, 0.1) is 5.41 Å². The van der Waals surface area contributed by atoms with Crippen LogP contribution in [0.1, 0.15) is 32.6 Å². The first-order valence-corrected chi connectivity index (χ1v) is 10.6. The first-order valence-electron chi connectivity index (χ1n) is 10.6. The molecule has 6 nitrogen and oxygen atoms in total. The largest absolute Gasteiger partial charge is 0.359 e. The SMILES string of the molecule is CCN1C[C@H]2C3(CCN(C(=O)Nc4ccccc4)CC3)CC[C@@]2(C(=O)NC)C1. The molecule has 2 atom stereocenters. The number of hydrogen-bond donors (Lipinski definition) is 2. The highest BCUT2D eigenvalue weighted by Crippen LogP contribution is 2.62. The number of carbonyl (C=O) groups is 2. The molecule has 6 heteroatoms. The molecule has 1 aromatic rings. The van der Waals surface area contributed by atoms with Crippen LogP contribution in [0.4, 0.5) is 10.5 Å². The summed E-state index contributed by atoms with van der Waals surface area (Å²) in [5.41, 5.74) is 0.792. The Balaban J connectivity index is 1.45. The van der Waals surface area contributed by atoms with Gasteiger partial charge >= 0.3 is 6.03 Å². The Morgan fingerprint density at radius 2 is 1.82 bits per heavy atom. The second kappa shape index (κ2) is 7.39. The number of piperidine rings is 1. The zero-order valence-electron chi connectivity index (χ0n) is 17.0. The molecule has 1 spiro atoms. The molecule has 2 heterocycles. The summed E-state index contributed by atoms with van der Waals surface area (Å²) >= 11 is 0. The lowest BCUT2D eigenvalue weighted by Crippen LogP contribution is -2.50. The molecule has 2 N–H and O–H groups in total. The minimum atomic E-state index is -0.237. The Bertz CT molecular complexity index is 729. The highest BCUT2D eigenvalue weighted by atomic mass is 16.2. The number of nitrogens with zero attached hydrogens (tertiary/aromatic N) is 2. The zero-order chi connectivity index (χ0) is 19.8. The quantitative estimate of drug-likeness (QED) is 0.842. The van der Waals surface area contributed by atoms with Crippen LogP contribution in [0.2, 0.25) is 0 Å². The Labute approximate surface area is 167 Å². The molecule has 4 rings (SSSR count). The van der Waals surface area contributed by atoms with Gasteiger partial charge in [0.25, 0.3) is 0 Å². The highest BCUT2D eigenvalue weighted by Gasteiger charge is 2.63. The van der Waals surface area contributed by atoms with Crippen LogP contribution in [0.3, 0.4) is 0 Å². The molecule has 28 heavy (non-hydrogen) atoms. The molecule has 3 fully saturated rings. The fourth-order valence-corrected chi connectivity index (χ4v) is 6.00. The summed E-state index contributed by atoms with van der Waals surface area (Å²) in [4.78, 5) is 29.9. The van der Waals surface area contributed by atoms with Crippen LogP contribution in [-0.2, 0) is 4.79 Å². The van der Waals surface area contributed by atoms with E-state index in [2.05, 4.69) is 22.5 Å². The van der Waals surface area contributed by atoms with Crippen LogP contribution in [0.25, 0.3) is 0 Å². The van der Waals surface area contributed by atoms with E-state index in [0.717, 1.165) is 64.1 Å². The normalized spacial score (nSPS) is 28.9. The van der Waals surface area contributed by atoms with Crippen molar-refractivity contribution in [1.82, 2.24) is 15.1 Å². The maximum absolute atomic E-state index is 12.9. The smallest absolute Gasteiger partial charge is 0.321 e. The van der Waals surface area contributed by atoms with Crippen molar-refractivity contribution in [2.24, 2.45) is 16.7 Å². The predicted molar refractivity (Wildman–Crippen MR) is 110 cm³/mol. The van der Waals surface area contributed by atoms with Crippen LogP contribution < -0.4 is 10.6 Å². The van der Waals surface area contributed by atoms with Gasteiger partial charge in [-0.15, -0.1) is 0 Å². The number of rotatable bonds is 3. The monoisotopic (exact) mass is 384 g/mol. The molecular weight excluding hydrogens is 352 g/mol. The van der Waals surface area contributed by atoms with Crippen LogP contribution >= 0.6 is 0 Å². The van der Waals surface area contributed by atoms with E-state index < -0.39 is 0 Å². The van der Waals surface area contributed by atoms with Gasteiger partial charge in [-0.3, -0.25) is 4.79 Å². The number of nitrogens with one attached hydrogen (secondary N) is 2. The molecule has 152 valence electrons. The van der Waals surface area contributed by atoms with E-state index in [9.17, 15) is 9.59 Å².